The Balaban J connectivity index is 1.70. The summed E-state index contributed by atoms with van der Waals surface area (Å²) in [6, 6.07) is 3.77. The molecule has 0 spiro atoms. The number of hydrogen-bond donors (Lipinski definition) is 0. The highest BCUT2D eigenvalue weighted by molar-refractivity contribution is 5.97. The van der Waals surface area contributed by atoms with Crippen LogP contribution in [0.4, 0.5) is 0 Å². The van der Waals surface area contributed by atoms with E-state index in [1.807, 2.05) is 10.9 Å². The summed E-state index contributed by atoms with van der Waals surface area (Å²) in [6.07, 6.45) is 4.53. The van der Waals surface area contributed by atoms with E-state index in [2.05, 4.69) is 5.10 Å². The van der Waals surface area contributed by atoms with Crippen LogP contribution in [0, 0.1) is 0 Å². The number of ether oxygens (including phenoxy) is 3. The van der Waals surface area contributed by atoms with Gasteiger partial charge in [-0.05, 0) is 38.7 Å². The first-order chi connectivity index (χ1) is 14.7. The van der Waals surface area contributed by atoms with Crippen molar-refractivity contribution in [3.8, 4) is 5.75 Å². The van der Waals surface area contributed by atoms with Gasteiger partial charge in [-0.15, -0.1) is 0 Å². The fourth-order valence-corrected chi connectivity index (χ4v) is 4.17. The van der Waals surface area contributed by atoms with E-state index in [1.165, 1.54) is 21.1 Å². The Morgan fingerprint density at radius 2 is 1.84 bits per heavy atom. The fraction of sp³-hybridized carbons (Fsp3) is 0.545. The number of methoxy groups -OCH3 is 2. The molecule has 0 unspecified atom stereocenters. The Morgan fingerprint density at radius 1 is 1.16 bits per heavy atom. The van der Waals surface area contributed by atoms with Gasteiger partial charge in [-0.1, -0.05) is 0 Å². The largest absolute Gasteiger partial charge is 0.496 e. The van der Waals surface area contributed by atoms with E-state index in [4.69, 9.17) is 14.2 Å². The molecule has 1 aliphatic rings. The van der Waals surface area contributed by atoms with Crippen LogP contribution in [0.15, 0.2) is 18.3 Å². The zero-order chi connectivity index (χ0) is 22.7. The molecule has 1 atom stereocenters. The zero-order valence-electron chi connectivity index (χ0n) is 18.6. The van der Waals surface area contributed by atoms with Gasteiger partial charge in [0.25, 0.3) is 5.91 Å². The van der Waals surface area contributed by atoms with Crippen LogP contribution in [0.3, 0.4) is 0 Å². The Morgan fingerprint density at radius 3 is 2.42 bits per heavy atom. The summed E-state index contributed by atoms with van der Waals surface area (Å²) < 4.78 is 17.1. The third kappa shape index (κ3) is 4.81. The molecule has 9 nitrogen and oxygen atoms in total. The van der Waals surface area contributed by atoms with Crippen molar-refractivity contribution in [2.24, 2.45) is 0 Å². The Labute approximate surface area is 181 Å². The molecule has 1 fully saturated rings. The minimum Gasteiger partial charge on any atom is -0.496 e. The summed E-state index contributed by atoms with van der Waals surface area (Å²) in [5, 5.41) is 5.52. The average molecular weight is 431 g/mol. The molecule has 2 aromatic rings. The third-order valence-electron chi connectivity index (χ3n) is 5.87. The van der Waals surface area contributed by atoms with E-state index in [9.17, 15) is 14.4 Å². The van der Waals surface area contributed by atoms with E-state index in [0.717, 1.165) is 36.6 Å². The second kappa shape index (κ2) is 9.36. The van der Waals surface area contributed by atoms with Gasteiger partial charge >= 0.3 is 11.9 Å². The number of likely N-dealkylation sites (N-methyl/N-ethyl adjacent to an activating group) is 1. The Kier molecular flexibility index (Phi) is 6.82. The molecule has 0 bridgehead atoms. The summed E-state index contributed by atoms with van der Waals surface area (Å²) >= 11 is 0. The fourth-order valence-electron chi connectivity index (χ4n) is 4.17. The third-order valence-corrected chi connectivity index (χ3v) is 5.87. The minimum absolute atomic E-state index is 0.0951. The van der Waals surface area contributed by atoms with Crippen molar-refractivity contribution >= 4 is 28.7 Å². The SMILES string of the molecule is COC(=O)c1cc2cn(C3CCC(N(C)C(=O)[C@@H](C)OC(C)=O)CC3)nc2cc1OC. The number of aromatic nitrogens is 2. The molecule has 0 radical (unpaired) electrons. The molecule has 9 heteroatoms. The van der Waals surface area contributed by atoms with Crippen molar-refractivity contribution in [2.45, 2.75) is 57.7 Å². The van der Waals surface area contributed by atoms with Crippen LogP contribution in [0.25, 0.3) is 10.9 Å². The molecule has 0 aliphatic heterocycles. The van der Waals surface area contributed by atoms with E-state index < -0.39 is 18.0 Å². The highest BCUT2D eigenvalue weighted by Gasteiger charge is 2.30. The number of benzene rings is 1. The van der Waals surface area contributed by atoms with Crippen molar-refractivity contribution < 1.29 is 28.6 Å². The smallest absolute Gasteiger partial charge is 0.341 e. The maximum Gasteiger partial charge on any atom is 0.341 e. The highest BCUT2D eigenvalue weighted by atomic mass is 16.5. The van der Waals surface area contributed by atoms with Crippen LogP contribution in [0.5, 0.6) is 5.75 Å². The predicted molar refractivity (Wildman–Crippen MR) is 113 cm³/mol. The molecule has 1 aromatic carbocycles. The van der Waals surface area contributed by atoms with E-state index in [1.54, 1.807) is 31.0 Å². The molecule has 0 N–H and O–H groups in total. The number of carbonyl (C=O) groups excluding carboxylic acids is 3. The molecular formula is C22H29N3O6. The summed E-state index contributed by atoms with van der Waals surface area (Å²) in [5.41, 5.74) is 1.11. The van der Waals surface area contributed by atoms with Crippen LogP contribution in [0.1, 0.15) is 55.9 Å². The van der Waals surface area contributed by atoms with Gasteiger partial charge in [-0.2, -0.15) is 5.10 Å². The first-order valence-corrected chi connectivity index (χ1v) is 10.3. The lowest BCUT2D eigenvalue weighted by atomic mass is 9.90. The average Bonchev–Trinajstić information content (AvgIpc) is 3.19. The summed E-state index contributed by atoms with van der Waals surface area (Å²) in [5.74, 6) is -0.681. The lowest BCUT2D eigenvalue weighted by Gasteiger charge is -2.35. The van der Waals surface area contributed by atoms with Gasteiger partial charge in [0.1, 0.15) is 11.3 Å². The molecule has 1 amide bonds. The predicted octanol–water partition coefficient (Wildman–Crippen LogP) is 2.73. The lowest BCUT2D eigenvalue weighted by Crippen LogP contribution is -2.45. The number of rotatable bonds is 6. The molecule has 1 saturated carbocycles. The van der Waals surface area contributed by atoms with Crippen LogP contribution in [-0.4, -0.2) is 65.9 Å². The van der Waals surface area contributed by atoms with Crippen molar-refractivity contribution in [3.05, 3.63) is 23.9 Å². The van der Waals surface area contributed by atoms with Crippen molar-refractivity contribution in [3.63, 3.8) is 0 Å². The van der Waals surface area contributed by atoms with Gasteiger partial charge in [-0.25, -0.2) is 4.79 Å². The molecule has 1 aromatic heterocycles. The Hall–Kier alpha value is -3.10. The van der Waals surface area contributed by atoms with Crippen LogP contribution in [-0.2, 0) is 19.1 Å². The van der Waals surface area contributed by atoms with Gasteiger partial charge < -0.3 is 19.1 Å². The zero-order valence-corrected chi connectivity index (χ0v) is 18.6. The van der Waals surface area contributed by atoms with E-state index >= 15 is 0 Å². The van der Waals surface area contributed by atoms with E-state index in [-0.39, 0.29) is 18.0 Å². The van der Waals surface area contributed by atoms with Crippen molar-refractivity contribution in [2.75, 3.05) is 21.3 Å². The van der Waals surface area contributed by atoms with Crippen molar-refractivity contribution in [1.29, 1.82) is 0 Å². The molecule has 3 rings (SSSR count). The normalized spacial score (nSPS) is 19.5. The highest BCUT2D eigenvalue weighted by Crippen LogP contribution is 2.33. The number of fused-ring (bicyclic) bond motifs is 1. The lowest BCUT2D eigenvalue weighted by molar-refractivity contribution is -0.158. The second-order valence-electron chi connectivity index (χ2n) is 7.88. The van der Waals surface area contributed by atoms with Crippen molar-refractivity contribution in [1.82, 2.24) is 14.7 Å². The van der Waals surface area contributed by atoms with E-state index in [0.29, 0.717) is 11.3 Å². The van der Waals surface area contributed by atoms with Gasteiger partial charge in [0.05, 0.1) is 25.8 Å². The maximum atomic E-state index is 12.5. The van der Waals surface area contributed by atoms with Crippen LogP contribution in [0.2, 0.25) is 0 Å². The topological polar surface area (TPSA) is 100.0 Å². The molecule has 168 valence electrons. The first kappa shape index (κ1) is 22.6. The molecule has 31 heavy (non-hydrogen) atoms. The monoisotopic (exact) mass is 431 g/mol. The second-order valence-corrected chi connectivity index (χ2v) is 7.88. The molecular weight excluding hydrogens is 402 g/mol. The van der Waals surface area contributed by atoms with Crippen LogP contribution >= 0.6 is 0 Å². The first-order valence-electron chi connectivity index (χ1n) is 10.3. The van der Waals surface area contributed by atoms with Gasteiger partial charge in [0.2, 0.25) is 0 Å². The summed E-state index contributed by atoms with van der Waals surface area (Å²) in [6.45, 7) is 2.89. The number of hydrogen-bond acceptors (Lipinski definition) is 7. The molecule has 1 aliphatic carbocycles. The number of nitrogens with zero attached hydrogens (tertiary/aromatic N) is 3. The number of carbonyl (C=O) groups is 3. The maximum absolute atomic E-state index is 12.5. The number of esters is 2. The summed E-state index contributed by atoms with van der Waals surface area (Å²) in [4.78, 5) is 37.3. The van der Waals surface area contributed by atoms with Crippen LogP contribution < -0.4 is 4.74 Å². The number of amides is 1. The molecule has 1 heterocycles. The quantitative estimate of drug-likeness (QED) is 0.648. The minimum atomic E-state index is -0.782. The summed E-state index contributed by atoms with van der Waals surface area (Å²) in [7, 11) is 4.60. The van der Waals surface area contributed by atoms with Gasteiger partial charge in [-0.3, -0.25) is 14.3 Å². The van der Waals surface area contributed by atoms with Gasteiger partial charge in [0.15, 0.2) is 6.10 Å². The van der Waals surface area contributed by atoms with Gasteiger partial charge in [0, 0.05) is 37.7 Å². The Bertz CT molecular complexity index is 977. The molecule has 0 saturated heterocycles. The standard InChI is InChI=1S/C22H29N3O6/c1-13(31-14(2)26)21(27)24(3)16-6-8-17(9-7-16)25-12-15-10-18(22(28)30-5)20(29-4)11-19(15)23-25/h10-13,16-17H,6-9H2,1-5H3/t13-,16?,17?/m1/s1.